The molecule has 0 atom stereocenters. The Labute approximate surface area is 195 Å². The van der Waals surface area contributed by atoms with Crippen LogP contribution in [0.5, 0.6) is 5.75 Å². The molecule has 0 unspecified atom stereocenters. The molecule has 0 saturated heterocycles. The standard InChI is InChI=1S/C25H30N4O3S/c1-18(2)32-24-10-6-5-9-22(24)23-15-25(27-17-26-23)28-20-13-11-19(12-14-20)16-33(30,31)29-21-7-3-4-8-21/h5-6,9-15,17-18,21,29H,3-4,7-8,16H2,1-2H3,(H,26,27,28). The zero-order valence-corrected chi connectivity index (χ0v) is 19.8. The van der Waals surface area contributed by atoms with E-state index in [-0.39, 0.29) is 17.9 Å². The molecule has 3 aromatic rings. The zero-order valence-electron chi connectivity index (χ0n) is 19.0. The number of rotatable bonds is 9. The highest BCUT2D eigenvalue weighted by atomic mass is 32.2. The molecule has 33 heavy (non-hydrogen) atoms. The fourth-order valence-electron chi connectivity index (χ4n) is 4.00. The minimum atomic E-state index is -3.34. The first kappa shape index (κ1) is 23.2. The van der Waals surface area contributed by atoms with Gasteiger partial charge in [0, 0.05) is 23.4 Å². The molecule has 1 heterocycles. The highest BCUT2D eigenvalue weighted by Crippen LogP contribution is 2.30. The third-order valence-corrected chi connectivity index (χ3v) is 6.88. The molecule has 0 bridgehead atoms. The Morgan fingerprint density at radius 3 is 2.48 bits per heavy atom. The summed E-state index contributed by atoms with van der Waals surface area (Å²) in [5.41, 5.74) is 3.21. The van der Waals surface area contributed by atoms with Crippen LogP contribution in [0.4, 0.5) is 11.5 Å². The molecule has 4 rings (SSSR count). The molecule has 1 saturated carbocycles. The molecule has 0 amide bonds. The highest BCUT2D eigenvalue weighted by Gasteiger charge is 2.21. The van der Waals surface area contributed by atoms with E-state index in [9.17, 15) is 8.42 Å². The van der Waals surface area contributed by atoms with Gasteiger partial charge in [-0.3, -0.25) is 0 Å². The first-order chi connectivity index (χ1) is 15.9. The van der Waals surface area contributed by atoms with Gasteiger partial charge in [0.25, 0.3) is 0 Å². The molecule has 174 valence electrons. The second-order valence-corrected chi connectivity index (χ2v) is 10.4. The second-order valence-electron chi connectivity index (χ2n) is 8.63. The van der Waals surface area contributed by atoms with Gasteiger partial charge < -0.3 is 10.1 Å². The molecular weight excluding hydrogens is 436 g/mol. The Kier molecular flexibility index (Phi) is 7.25. The Balaban J connectivity index is 1.44. The van der Waals surface area contributed by atoms with Crippen molar-refractivity contribution < 1.29 is 13.2 Å². The van der Waals surface area contributed by atoms with Crippen molar-refractivity contribution in [1.82, 2.24) is 14.7 Å². The van der Waals surface area contributed by atoms with Crippen molar-refractivity contribution in [3.8, 4) is 17.0 Å². The monoisotopic (exact) mass is 466 g/mol. The number of hydrogen-bond acceptors (Lipinski definition) is 6. The van der Waals surface area contributed by atoms with E-state index in [2.05, 4.69) is 20.0 Å². The first-order valence-electron chi connectivity index (χ1n) is 11.3. The summed E-state index contributed by atoms with van der Waals surface area (Å²) < 4.78 is 33.6. The minimum absolute atomic E-state index is 0.0198. The van der Waals surface area contributed by atoms with Crippen LogP contribution in [0.15, 0.2) is 60.9 Å². The average molecular weight is 467 g/mol. The van der Waals surface area contributed by atoms with E-state index in [1.165, 1.54) is 6.33 Å². The van der Waals surface area contributed by atoms with E-state index in [4.69, 9.17) is 4.74 Å². The molecule has 1 fully saturated rings. The topological polar surface area (TPSA) is 93.2 Å². The van der Waals surface area contributed by atoms with Crippen molar-refractivity contribution in [3.05, 3.63) is 66.5 Å². The number of sulfonamides is 1. The Morgan fingerprint density at radius 2 is 1.76 bits per heavy atom. The number of nitrogens with zero attached hydrogens (tertiary/aromatic N) is 2. The predicted molar refractivity (Wildman–Crippen MR) is 131 cm³/mol. The Bertz CT molecular complexity index is 1170. The van der Waals surface area contributed by atoms with Crippen LogP contribution < -0.4 is 14.8 Å². The largest absolute Gasteiger partial charge is 0.490 e. The molecule has 8 heteroatoms. The molecule has 7 nitrogen and oxygen atoms in total. The van der Waals surface area contributed by atoms with Crippen LogP contribution in [0.2, 0.25) is 0 Å². The van der Waals surface area contributed by atoms with Crippen molar-refractivity contribution in [3.63, 3.8) is 0 Å². The normalized spacial score (nSPS) is 14.5. The maximum atomic E-state index is 12.4. The van der Waals surface area contributed by atoms with E-state index >= 15 is 0 Å². The summed E-state index contributed by atoms with van der Waals surface area (Å²) in [4.78, 5) is 8.73. The maximum absolute atomic E-state index is 12.4. The van der Waals surface area contributed by atoms with Crippen LogP contribution >= 0.6 is 0 Å². The molecule has 0 aliphatic heterocycles. The summed E-state index contributed by atoms with van der Waals surface area (Å²) >= 11 is 0. The van der Waals surface area contributed by atoms with Gasteiger partial charge in [-0.25, -0.2) is 23.1 Å². The number of anilines is 2. The van der Waals surface area contributed by atoms with Gasteiger partial charge >= 0.3 is 0 Å². The van der Waals surface area contributed by atoms with E-state index in [1.54, 1.807) is 0 Å². The van der Waals surface area contributed by atoms with Crippen LogP contribution in [0.1, 0.15) is 45.1 Å². The highest BCUT2D eigenvalue weighted by molar-refractivity contribution is 7.88. The third-order valence-electron chi connectivity index (χ3n) is 5.48. The van der Waals surface area contributed by atoms with Gasteiger partial charge in [0.05, 0.1) is 17.6 Å². The fraction of sp³-hybridized carbons (Fsp3) is 0.360. The quantitative estimate of drug-likeness (QED) is 0.459. The lowest BCUT2D eigenvalue weighted by Crippen LogP contribution is -2.33. The molecule has 0 spiro atoms. The molecule has 2 N–H and O–H groups in total. The van der Waals surface area contributed by atoms with Gasteiger partial charge in [-0.15, -0.1) is 0 Å². The lowest BCUT2D eigenvalue weighted by molar-refractivity contribution is 0.243. The molecule has 2 aromatic carbocycles. The molecule has 1 aromatic heterocycles. The van der Waals surface area contributed by atoms with Gasteiger partial charge in [-0.05, 0) is 56.5 Å². The smallest absolute Gasteiger partial charge is 0.216 e. The number of aromatic nitrogens is 2. The molecular formula is C25H30N4O3S. The number of hydrogen-bond donors (Lipinski definition) is 2. The summed E-state index contributed by atoms with van der Waals surface area (Å²) in [6, 6.07) is 17.1. The summed E-state index contributed by atoms with van der Waals surface area (Å²) in [6.45, 7) is 3.98. The number of nitrogens with one attached hydrogen (secondary N) is 2. The zero-order chi connectivity index (χ0) is 23.3. The van der Waals surface area contributed by atoms with E-state index in [1.807, 2.05) is 68.4 Å². The number of ether oxygens (including phenoxy) is 1. The van der Waals surface area contributed by atoms with Crippen molar-refractivity contribution >= 4 is 21.5 Å². The summed E-state index contributed by atoms with van der Waals surface area (Å²) in [6.07, 6.45) is 5.61. The third kappa shape index (κ3) is 6.52. The van der Waals surface area contributed by atoms with Crippen LogP contribution in [0, 0.1) is 0 Å². The van der Waals surface area contributed by atoms with E-state index < -0.39 is 10.0 Å². The molecule has 1 aliphatic carbocycles. The van der Waals surface area contributed by atoms with Crippen molar-refractivity contribution in [2.75, 3.05) is 5.32 Å². The van der Waals surface area contributed by atoms with Crippen molar-refractivity contribution in [2.45, 2.75) is 57.4 Å². The summed E-state index contributed by atoms with van der Waals surface area (Å²) in [7, 11) is -3.34. The van der Waals surface area contributed by atoms with Crippen molar-refractivity contribution in [1.29, 1.82) is 0 Å². The second kappa shape index (κ2) is 10.3. The van der Waals surface area contributed by atoms with Crippen molar-refractivity contribution in [2.24, 2.45) is 0 Å². The van der Waals surface area contributed by atoms with E-state index in [0.717, 1.165) is 53.9 Å². The van der Waals surface area contributed by atoms with Gasteiger partial charge in [0.15, 0.2) is 0 Å². The summed E-state index contributed by atoms with van der Waals surface area (Å²) in [5.74, 6) is 1.39. The Hall–Kier alpha value is -2.97. The van der Waals surface area contributed by atoms with Crippen LogP contribution in [0.25, 0.3) is 11.3 Å². The number of benzene rings is 2. The number of para-hydroxylation sites is 1. The Morgan fingerprint density at radius 1 is 1.03 bits per heavy atom. The van der Waals surface area contributed by atoms with Gasteiger partial charge in [0.1, 0.15) is 17.9 Å². The maximum Gasteiger partial charge on any atom is 0.216 e. The van der Waals surface area contributed by atoms with Gasteiger partial charge in [0.2, 0.25) is 10.0 Å². The predicted octanol–water partition coefficient (Wildman–Crippen LogP) is 5.04. The van der Waals surface area contributed by atoms with Crippen LogP contribution in [-0.4, -0.2) is 30.5 Å². The lowest BCUT2D eigenvalue weighted by Gasteiger charge is -2.14. The lowest BCUT2D eigenvalue weighted by atomic mass is 10.1. The van der Waals surface area contributed by atoms with Gasteiger partial charge in [-0.1, -0.05) is 37.1 Å². The average Bonchev–Trinajstić information content (AvgIpc) is 3.27. The molecule has 0 radical (unpaired) electrons. The van der Waals surface area contributed by atoms with Crippen LogP contribution in [0.3, 0.4) is 0 Å². The van der Waals surface area contributed by atoms with E-state index in [0.29, 0.717) is 5.82 Å². The first-order valence-corrected chi connectivity index (χ1v) is 13.0. The summed E-state index contributed by atoms with van der Waals surface area (Å²) in [5, 5.41) is 3.27. The fourth-order valence-corrected chi connectivity index (χ4v) is 5.46. The molecule has 1 aliphatic rings. The minimum Gasteiger partial charge on any atom is -0.490 e. The van der Waals surface area contributed by atoms with Crippen LogP contribution in [-0.2, 0) is 15.8 Å². The SMILES string of the molecule is CC(C)Oc1ccccc1-c1cc(Nc2ccc(CS(=O)(=O)NC3CCCC3)cc2)ncn1. The van der Waals surface area contributed by atoms with Gasteiger partial charge in [-0.2, -0.15) is 0 Å².